The van der Waals surface area contributed by atoms with Gasteiger partial charge in [0.15, 0.2) is 12.7 Å². The van der Waals surface area contributed by atoms with E-state index in [4.69, 9.17) is 44.3 Å². The third kappa shape index (κ3) is 6.12. The lowest BCUT2D eigenvalue weighted by atomic mass is 10.3. The average molecular weight is 403 g/mol. The number of carbonyl (C=O) groups is 2. The molecule has 0 saturated carbocycles. The first-order valence-electron chi connectivity index (χ1n) is 7.19. The van der Waals surface area contributed by atoms with Crippen LogP contribution in [0.1, 0.15) is 6.92 Å². The van der Waals surface area contributed by atoms with Gasteiger partial charge in [-0.05, 0) is 49.4 Å². The molecule has 0 saturated heterocycles. The van der Waals surface area contributed by atoms with Crippen LogP contribution in [0, 0.1) is 0 Å². The minimum absolute atomic E-state index is 0.271. The van der Waals surface area contributed by atoms with Crippen LogP contribution in [0.4, 0.5) is 5.69 Å². The highest BCUT2D eigenvalue weighted by molar-refractivity contribution is 6.35. The number of carbonyl (C=O) groups excluding carboxylic acids is 2. The van der Waals surface area contributed by atoms with E-state index in [1.165, 1.54) is 13.0 Å². The second kappa shape index (κ2) is 8.94. The summed E-state index contributed by atoms with van der Waals surface area (Å²) in [5, 5.41) is 3.85. The van der Waals surface area contributed by atoms with E-state index in [9.17, 15) is 9.59 Å². The van der Waals surface area contributed by atoms with E-state index >= 15 is 0 Å². The van der Waals surface area contributed by atoms with Crippen molar-refractivity contribution in [3.8, 4) is 5.75 Å². The Morgan fingerprint density at radius 2 is 1.68 bits per heavy atom. The van der Waals surface area contributed by atoms with Crippen LogP contribution in [0.3, 0.4) is 0 Å². The maximum Gasteiger partial charge on any atom is 0.347 e. The molecule has 5 nitrogen and oxygen atoms in total. The van der Waals surface area contributed by atoms with E-state index in [-0.39, 0.29) is 5.02 Å². The van der Waals surface area contributed by atoms with Gasteiger partial charge in [0, 0.05) is 15.7 Å². The zero-order valence-corrected chi connectivity index (χ0v) is 15.4. The van der Waals surface area contributed by atoms with E-state index in [2.05, 4.69) is 5.32 Å². The lowest BCUT2D eigenvalue weighted by molar-refractivity contribution is -0.153. The third-order valence-corrected chi connectivity index (χ3v) is 3.79. The summed E-state index contributed by atoms with van der Waals surface area (Å²) in [7, 11) is 0. The van der Waals surface area contributed by atoms with E-state index in [0.717, 1.165) is 0 Å². The monoisotopic (exact) mass is 401 g/mol. The largest absolute Gasteiger partial charge is 0.477 e. The topological polar surface area (TPSA) is 64.6 Å². The molecule has 0 aliphatic heterocycles. The van der Waals surface area contributed by atoms with Gasteiger partial charge in [-0.25, -0.2) is 4.79 Å². The number of hydrogen-bond acceptors (Lipinski definition) is 4. The van der Waals surface area contributed by atoms with Crippen LogP contribution in [0.2, 0.25) is 15.1 Å². The fourth-order valence-corrected chi connectivity index (χ4v) is 2.37. The molecule has 0 aliphatic carbocycles. The molecule has 2 aromatic rings. The molecule has 1 N–H and O–H groups in total. The van der Waals surface area contributed by atoms with Gasteiger partial charge in [0.1, 0.15) is 5.75 Å². The number of ether oxygens (including phenoxy) is 2. The number of benzene rings is 2. The molecule has 2 aromatic carbocycles. The Morgan fingerprint density at radius 3 is 2.32 bits per heavy atom. The summed E-state index contributed by atoms with van der Waals surface area (Å²) in [5.74, 6) is -0.884. The smallest absolute Gasteiger partial charge is 0.347 e. The summed E-state index contributed by atoms with van der Waals surface area (Å²) in [5.41, 5.74) is 0.544. The first-order valence-corrected chi connectivity index (χ1v) is 8.32. The van der Waals surface area contributed by atoms with Gasteiger partial charge in [-0.3, -0.25) is 4.79 Å². The van der Waals surface area contributed by atoms with E-state index in [1.54, 1.807) is 36.4 Å². The Morgan fingerprint density at radius 1 is 1.04 bits per heavy atom. The molecular formula is C17H14Cl3NO4. The molecule has 1 unspecified atom stereocenters. The van der Waals surface area contributed by atoms with Crippen molar-refractivity contribution in [1.29, 1.82) is 0 Å². The SMILES string of the molecule is CC(Oc1ccc(Cl)cc1Cl)C(=O)OCC(=O)Nc1ccc(Cl)cc1. The zero-order valence-electron chi connectivity index (χ0n) is 13.1. The average Bonchev–Trinajstić information content (AvgIpc) is 2.57. The molecular weight excluding hydrogens is 389 g/mol. The minimum Gasteiger partial charge on any atom is -0.477 e. The van der Waals surface area contributed by atoms with Crippen LogP contribution in [0.25, 0.3) is 0 Å². The number of anilines is 1. The molecule has 25 heavy (non-hydrogen) atoms. The quantitative estimate of drug-likeness (QED) is 0.717. The number of rotatable bonds is 6. The molecule has 0 spiro atoms. The van der Waals surface area contributed by atoms with Crippen LogP contribution in [0.5, 0.6) is 5.75 Å². The Bertz CT molecular complexity index is 765. The molecule has 132 valence electrons. The van der Waals surface area contributed by atoms with Gasteiger partial charge in [-0.1, -0.05) is 34.8 Å². The molecule has 0 fully saturated rings. The predicted molar refractivity (Wildman–Crippen MR) is 97.6 cm³/mol. The van der Waals surface area contributed by atoms with Crippen molar-refractivity contribution in [1.82, 2.24) is 0 Å². The zero-order chi connectivity index (χ0) is 18.4. The van der Waals surface area contributed by atoms with Crippen LogP contribution in [-0.4, -0.2) is 24.6 Å². The third-order valence-electron chi connectivity index (χ3n) is 3.00. The fraction of sp³-hybridized carbons (Fsp3) is 0.176. The molecule has 0 radical (unpaired) electrons. The highest BCUT2D eigenvalue weighted by Crippen LogP contribution is 2.28. The molecule has 2 rings (SSSR count). The maximum atomic E-state index is 11.9. The summed E-state index contributed by atoms with van der Waals surface area (Å²) in [6, 6.07) is 11.2. The fourth-order valence-electron chi connectivity index (χ4n) is 1.79. The van der Waals surface area contributed by atoms with Crippen LogP contribution >= 0.6 is 34.8 Å². The van der Waals surface area contributed by atoms with Crippen LogP contribution in [-0.2, 0) is 14.3 Å². The van der Waals surface area contributed by atoms with Gasteiger partial charge in [-0.2, -0.15) is 0 Å². The highest BCUT2D eigenvalue weighted by atomic mass is 35.5. The van der Waals surface area contributed by atoms with Gasteiger partial charge in [0.2, 0.25) is 0 Å². The summed E-state index contributed by atoms with van der Waals surface area (Å²) < 4.78 is 10.3. The number of amides is 1. The second-order valence-corrected chi connectivity index (χ2v) is 6.28. The number of esters is 1. The highest BCUT2D eigenvalue weighted by Gasteiger charge is 2.19. The number of hydrogen-bond donors (Lipinski definition) is 1. The van der Waals surface area contributed by atoms with Crippen molar-refractivity contribution in [3.63, 3.8) is 0 Å². The maximum absolute atomic E-state index is 11.9. The molecule has 1 atom stereocenters. The molecule has 0 heterocycles. The van der Waals surface area contributed by atoms with Crippen molar-refractivity contribution in [2.24, 2.45) is 0 Å². The van der Waals surface area contributed by atoms with Gasteiger partial charge >= 0.3 is 5.97 Å². The first kappa shape index (κ1) is 19.4. The van der Waals surface area contributed by atoms with Crippen molar-refractivity contribution in [2.45, 2.75) is 13.0 Å². The number of halogens is 3. The van der Waals surface area contributed by atoms with E-state index in [0.29, 0.717) is 21.5 Å². The van der Waals surface area contributed by atoms with Crippen molar-refractivity contribution >= 4 is 52.4 Å². The van der Waals surface area contributed by atoms with Gasteiger partial charge in [-0.15, -0.1) is 0 Å². The summed E-state index contributed by atoms with van der Waals surface area (Å²) >= 11 is 17.5. The van der Waals surface area contributed by atoms with Crippen LogP contribution in [0.15, 0.2) is 42.5 Å². The second-order valence-electron chi connectivity index (χ2n) is 5.00. The summed E-state index contributed by atoms with van der Waals surface area (Å²) in [6.07, 6.45) is -0.943. The molecule has 1 amide bonds. The number of nitrogens with one attached hydrogen (secondary N) is 1. The van der Waals surface area contributed by atoms with Crippen LogP contribution < -0.4 is 10.1 Å². The minimum atomic E-state index is -0.943. The summed E-state index contributed by atoms with van der Waals surface area (Å²) in [6.45, 7) is 1.05. The first-order chi connectivity index (χ1) is 11.8. The van der Waals surface area contributed by atoms with E-state index in [1.807, 2.05) is 0 Å². The molecule has 0 bridgehead atoms. The molecule has 0 aromatic heterocycles. The Balaban J connectivity index is 1.82. The lowest BCUT2D eigenvalue weighted by Gasteiger charge is -2.15. The van der Waals surface area contributed by atoms with Gasteiger partial charge in [0.05, 0.1) is 5.02 Å². The van der Waals surface area contributed by atoms with E-state index < -0.39 is 24.6 Å². The predicted octanol–water partition coefficient (Wildman–Crippen LogP) is 4.60. The normalized spacial score (nSPS) is 11.5. The van der Waals surface area contributed by atoms with Gasteiger partial charge < -0.3 is 14.8 Å². The van der Waals surface area contributed by atoms with Crippen molar-refractivity contribution < 1.29 is 19.1 Å². The van der Waals surface area contributed by atoms with Gasteiger partial charge in [0.25, 0.3) is 5.91 Å². The van der Waals surface area contributed by atoms with Crippen molar-refractivity contribution in [3.05, 3.63) is 57.5 Å². The molecule has 8 heteroatoms. The summed E-state index contributed by atoms with van der Waals surface area (Å²) in [4.78, 5) is 23.7. The van der Waals surface area contributed by atoms with Crippen molar-refractivity contribution in [2.75, 3.05) is 11.9 Å². The Hall–Kier alpha value is -1.95. The molecule has 0 aliphatic rings. The Kier molecular flexibility index (Phi) is 6.93. The Labute approximate surface area is 159 Å². The standard InChI is InChI=1S/C17H14Cl3NO4/c1-10(25-15-7-4-12(19)8-14(15)20)17(23)24-9-16(22)21-13-5-2-11(18)3-6-13/h2-8,10H,9H2,1H3,(H,21,22). The lowest BCUT2D eigenvalue weighted by Crippen LogP contribution is -2.29.